The number of carbonyl (C=O) groups excluding carboxylic acids is 2. The van der Waals surface area contributed by atoms with Crippen LogP contribution in [0.2, 0.25) is 0 Å². The van der Waals surface area contributed by atoms with Crippen LogP contribution in [0.5, 0.6) is 0 Å². The smallest absolute Gasteiger partial charge is 0.750 e. The Balaban J connectivity index is -0.0000000569. The molecule has 0 aromatic carbocycles. The van der Waals surface area contributed by atoms with Gasteiger partial charge in [0.1, 0.15) is 0 Å². The molecule has 0 fully saturated rings. The maximum atomic E-state index is 9.56. The zero-order chi connectivity index (χ0) is 8.62. The van der Waals surface area contributed by atoms with E-state index in [9.17, 15) is 13.0 Å². The Labute approximate surface area is 115 Å². The first-order chi connectivity index (χ1) is 4.47. The third kappa shape index (κ3) is 42.9. The minimum absolute atomic E-state index is 0. The predicted octanol–water partition coefficient (Wildman–Crippen LogP) is -7.92. The van der Waals surface area contributed by atoms with Gasteiger partial charge in [0.2, 0.25) is 0 Å². The molecule has 0 aromatic heterocycles. The van der Waals surface area contributed by atoms with Crippen LogP contribution in [-0.4, -0.2) is 24.9 Å². The average Bonchev–Trinajstić information content (AvgIpc) is 1.63. The zero-order valence-electron chi connectivity index (χ0n) is 6.81. The van der Waals surface area contributed by atoms with Crippen molar-refractivity contribution >= 4 is 16.3 Å². The SMILES string of the molecule is N[CH-]CS(=O)(=O)[O-].O=C=O.[Na+].[Na+]. The number of hydrogen-bond donors (Lipinski definition) is 1. The van der Waals surface area contributed by atoms with Gasteiger partial charge in [0.25, 0.3) is 0 Å². The molecule has 60 valence electrons. The molecule has 0 spiro atoms. The van der Waals surface area contributed by atoms with Crippen molar-refractivity contribution in [2.75, 3.05) is 5.75 Å². The first-order valence-electron chi connectivity index (χ1n) is 1.94. The van der Waals surface area contributed by atoms with E-state index in [1.165, 1.54) is 0 Å². The fraction of sp³-hybridized carbons (Fsp3) is 0.333. The summed E-state index contributed by atoms with van der Waals surface area (Å²) in [6.45, 7) is 0.808. The van der Waals surface area contributed by atoms with Crippen LogP contribution in [0, 0.1) is 6.54 Å². The van der Waals surface area contributed by atoms with E-state index >= 15 is 0 Å². The third-order valence-electron chi connectivity index (χ3n) is 0.300. The van der Waals surface area contributed by atoms with E-state index in [1.807, 2.05) is 0 Å². The molecule has 0 radical (unpaired) electrons. The predicted molar refractivity (Wildman–Crippen MR) is 28.1 cm³/mol. The minimum Gasteiger partial charge on any atom is -0.750 e. The van der Waals surface area contributed by atoms with Crippen molar-refractivity contribution < 1.29 is 81.7 Å². The molecular weight excluding hydrogens is 208 g/mol. The summed E-state index contributed by atoms with van der Waals surface area (Å²) >= 11 is 0. The maximum Gasteiger partial charge on any atom is 1.00 e. The molecule has 0 aliphatic heterocycles. The van der Waals surface area contributed by atoms with E-state index in [0.717, 1.165) is 6.54 Å². The van der Waals surface area contributed by atoms with Gasteiger partial charge < -0.3 is 10.3 Å². The second kappa shape index (κ2) is 14.8. The quantitative estimate of drug-likeness (QED) is 0.276. The summed E-state index contributed by atoms with van der Waals surface area (Å²) < 4.78 is 28.7. The van der Waals surface area contributed by atoms with Crippen LogP contribution >= 0.6 is 0 Å². The number of rotatable bonds is 2. The second-order valence-electron chi connectivity index (χ2n) is 1.04. The van der Waals surface area contributed by atoms with E-state index in [4.69, 9.17) is 9.59 Å². The first-order valence-corrected chi connectivity index (χ1v) is 3.52. The van der Waals surface area contributed by atoms with Gasteiger partial charge in [-0.15, -0.1) is 0 Å². The third-order valence-corrected chi connectivity index (χ3v) is 0.901. The fourth-order valence-corrected chi connectivity index (χ4v) is 0.354. The molecule has 0 aliphatic rings. The monoisotopic (exact) mass is 213 g/mol. The van der Waals surface area contributed by atoms with Gasteiger partial charge >= 0.3 is 65.3 Å². The molecule has 6 nitrogen and oxygen atoms in total. The van der Waals surface area contributed by atoms with Crippen molar-refractivity contribution in [3.63, 3.8) is 0 Å². The van der Waals surface area contributed by atoms with E-state index in [1.54, 1.807) is 0 Å². The van der Waals surface area contributed by atoms with E-state index < -0.39 is 15.9 Å². The molecule has 12 heavy (non-hydrogen) atoms. The van der Waals surface area contributed by atoms with E-state index in [0.29, 0.717) is 0 Å². The van der Waals surface area contributed by atoms with E-state index in [-0.39, 0.29) is 65.3 Å². The van der Waals surface area contributed by atoms with Gasteiger partial charge in [-0.05, 0) is 0 Å². The van der Waals surface area contributed by atoms with Crippen molar-refractivity contribution in [2.24, 2.45) is 5.73 Å². The molecule has 0 bridgehead atoms. The number of nitrogens with two attached hydrogens (primary N) is 1. The van der Waals surface area contributed by atoms with Crippen LogP contribution in [0.25, 0.3) is 0 Å². The summed E-state index contributed by atoms with van der Waals surface area (Å²) in [6.07, 6.45) is 0.250. The first kappa shape index (κ1) is 23.2. The van der Waals surface area contributed by atoms with Crippen LogP contribution < -0.4 is 64.8 Å². The Morgan fingerprint density at radius 3 is 1.58 bits per heavy atom. The largest absolute Gasteiger partial charge is 1.00 e. The molecule has 2 N–H and O–H groups in total. The van der Waals surface area contributed by atoms with Crippen molar-refractivity contribution in [1.29, 1.82) is 0 Å². The molecule has 0 unspecified atom stereocenters. The van der Waals surface area contributed by atoms with Gasteiger partial charge in [-0.3, -0.25) is 6.54 Å². The zero-order valence-corrected chi connectivity index (χ0v) is 11.6. The van der Waals surface area contributed by atoms with Crippen molar-refractivity contribution in [2.45, 2.75) is 0 Å². The van der Waals surface area contributed by atoms with Crippen LogP contribution in [0.3, 0.4) is 0 Å². The summed E-state index contributed by atoms with van der Waals surface area (Å²) in [4.78, 5) is 16.2. The molecular formula is C3H5NNa2O5S. The van der Waals surface area contributed by atoms with Gasteiger partial charge in [0, 0.05) is 0 Å². The summed E-state index contributed by atoms with van der Waals surface area (Å²) in [5.74, 6) is -0.590. The van der Waals surface area contributed by atoms with Gasteiger partial charge in [0.15, 0.2) is 0 Å². The Kier molecular flexibility index (Phi) is 28.6. The van der Waals surface area contributed by atoms with Gasteiger partial charge in [-0.25, -0.2) is 8.42 Å². The topological polar surface area (TPSA) is 117 Å². The molecule has 0 rings (SSSR count). The van der Waals surface area contributed by atoms with Crippen molar-refractivity contribution in [3.05, 3.63) is 6.54 Å². The Hall–Kier alpha value is 1.25. The van der Waals surface area contributed by atoms with Crippen LogP contribution in [0.1, 0.15) is 0 Å². The molecule has 9 heteroatoms. The molecule has 0 atom stereocenters. The molecule has 0 aromatic rings. The molecule has 0 heterocycles. The van der Waals surface area contributed by atoms with Gasteiger partial charge in [-0.2, -0.15) is 9.59 Å². The van der Waals surface area contributed by atoms with E-state index in [2.05, 4.69) is 5.73 Å². The fourth-order valence-electron chi connectivity index (χ4n) is 0.118. The summed E-state index contributed by atoms with van der Waals surface area (Å²) in [6, 6.07) is 0. The van der Waals surface area contributed by atoms with Gasteiger partial charge in [-0.1, -0.05) is 5.75 Å². The second-order valence-corrected chi connectivity index (χ2v) is 2.49. The molecule has 0 saturated carbocycles. The van der Waals surface area contributed by atoms with Gasteiger partial charge in [0.05, 0.1) is 10.1 Å². The summed E-state index contributed by atoms with van der Waals surface area (Å²) in [5, 5.41) is 0. The van der Waals surface area contributed by atoms with Crippen LogP contribution in [-0.2, 0) is 19.7 Å². The normalized spacial score (nSPS) is 7.50. The molecule has 0 saturated heterocycles. The standard InChI is InChI=1S/C2H6NO3S.CO2.2Na/c3-1-2-7(4,5)6;2-1-3;;/h1H,2-3H2,(H,4,5,6);;;/q-1;;2*+1/p-1. The Morgan fingerprint density at radius 1 is 1.33 bits per heavy atom. The summed E-state index contributed by atoms with van der Waals surface area (Å²) in [7, 11) is -4.10. The van der Waals surface area contributed by atoms with Crippen LogP contribution in [0.15, 0.2) is 0 Å². The number of hydrogen-bond acceptors (Lipinski definition) is 6. The average molecular weight is 213 g/mol. The summed E-state index contributed by atoms with van der Waals surface area (Å²) in [5.41, 5.74) is 4.61. The molecule has 0 aliphatic carbocycles. The van der Waals surface area contributed by atoms with Crippen molar-refractivity contribution in [1.82, 2.24) is 0 Å². The maximum absolute atomic E-state index is 9.56. The Morgan fingerprint density at radius 2 is 1.58 bits per heavy atom. The van der Waals surface area contributed by atoms with Crippen molar-refractivity contribution in [3.8, 4) is 0 Å². The molecule has 0 amide bonds. The Bertz CT molecular complexity index is 197. The van der Waals surface area contributed by atoms with Crippen LogP contribution in [0.4, 0.5) is 0 Å². The minimum atomic E-state index is -4.10.